The summed E-state index contributed by atoms with van der Waals surface area (Å²) in [5.41, 5.74) is 3.38. The molecule has 29 heavy (non-hydrogen) atoms. The summed E-state index contributed by atoms with van der Waals surface area (Å²) < 4.78 is 28.0. The molecule has 3 rings (SSSR count). The molecule has 0 aliphatic heterocycles. The lowest BCUT2D eigenvalue weighted by atomic mass is 10.1. The molecule has 7 heteroatoms. The Balaban J connectivity index is 1.88. The van der Waals surface area contributed by atoms with Gasteiger partial charge in [-0.2, -0.15) is 0 Å². The van der Waals surface area contributed by atoms with Crippen LogP contribution >= 0.6 is 0 Å². The first-order valence-corrected chi connectivity index (χ1v) is 10.4. The van der Waals surface area contributed by atoms with Gasteiger partial charge in [-0.3, -0.25) is 9.52 Å². The van der Waals surface area contributed by atoms with Gasteiger partial charge in [-0.1, -0.05) is 29.8 Å². The molecule has 0 radical (unpaired) electrons. The molecule has 0 aliphatic rings. The molecule has 0 fully saturated rings. The number of phenolic OH excluding ortho intramolecular Hbond substituents is 1. The number of anilines is 2. The number of phenols is 1. The van der Waals surface area contributed by atoms with Crippen molar-refractivity contribution in [3.8, 4) is 5.75 Å². The van der Waals surface area contributed by atoms with Crippen molar-refractivity contribution in [2.75, 3.05) is 10.0 Å². The summed E-state index contributed by atoms with van der Waals surface area (Å²) in [6, 6.07) is 16.2. The van der Waals surface area contributed by atoms with E-state index >= 15 is 0 Å². The van der Waals surface area contributed by atoms with E-state index in [9.17, 15) is 18.3 Å². The third-order valence-electron chi connectivity index (χ3n) is 4.47. The molecule has 150 valence electrons. The number of rotatable bonds is 5. The van der Waals surface area contributed by atoms with E-state index in [1.807, 2.05) is 13.8 Å². The molecule has 6 nitrogen and oxygen atoms in total. The molecular formula is C22H22N2O4S. The fourth-order valence-corrected chi connectivity index (χ4v) is 3.87. The molecule has 3 aromatic rings. The van der Waals surface area contributed by atoms with Crippen LogP contribution in [0.15, 0.2) is 65.6 Å². The SMILES string of the molecule is Cc1ccc(NS(=O)(=O)c2ccc(C)c(C(=O)Nc3ccc(C)cc3O)c2)cc1. The molecule has 0 unspecified atom stereocenters. The molecule has 3 N–H and O–H groups in total. The lowest BCUT2D eigenvalue weighted by Crippen LogP contribution is -2.17. The monoisotopic (exact) mass is 410 g/mol. The van der Waals surface area contributed by atoms with E-state index in [2.05, 4.69) is 10.0 Å². The minimum Gasteiger partial charge on any atom is -0.506 e. The number of carbonyl (C=O) groups excluding carboxylic acids is 1. The zero-order valence-corrected chi connectivity index (χ0v) is 17.2. The summed E-state index contributed by atoms with van der Waals surface area (Å²) in [5.74, 6) is -0.560. The van der Waals surface area contributed by atoms with Crippen LogP contribution in [-0.2, 0) is 10.0 Å². The maximum absolute atomic E-state index is 12.7. The summed E-state index contributed by atoms with van der Waals surface area (Å²) >= 11 is 0. The first kappa shape index (κ1) is 20.4. The number of aryl methyl sites for hydroxylation is 3. The van der Waals surface area contributed by atoms with Crippen LogP contribution in [-0.4, -0.2) is 19.4 Å². The van der Waals surface area contributed by atoms with Gasteiger partial charge in [0.2, 0.25) is 0 Å². The van der Waals surface area contributed by atoms with E-state index in [-0.39, 0.29) is 21.9 Å². The first-order chi connectivity index (χ1) is 13.7. The third-order valence-corrected chi connectivity index (χ3v) is 5.85. The molecule has 0 aliphatic carbocycles. The predicted octanol–water partition coefficient (Wildman–Crippen LogP) is 4.37. The van der Waals surface area contributed by atoms with Gasteiger partial charge in [0.25, 0.3) is 15.9 Å². The van der Waals surface area contributed by atoms with E-state index in [0.717, 1.165) is 11.1 Å². The van der Waals surface area contributed by atoms with Crippen LogP contribution in [0.1, 0.15) is 27.0 Å². The first-order valence-electron chi connectivity index (χ1n) is 8.97. The van der Waals surface area contributed by atoms with Gasteiger partial charge in [-0.15, -0.1) is 0 Å². The van der Waals surface area contributed by atoms with Gasteiger partial charge in [0, 0.05) is 11.3 Å². The normalized spacial score (nSPS) is 11.1. The van der Waals surface area contributed by atoms with Gasteiger partial charge in [-0.05, 0) is 68.3 Å². The van der Waals surface area contributed by atoms with Crippen molar-refractivity contribution >= 4 is 27.3 Å². The minimum absolute atomic E-state index is 0.0260. The maximum atomic E-state index is 12.7. The Bertz CT molecular complexity index is 1170. The standard InChI is InChI=1S/C22H22N2O4S/c1-14-4-8-17(9-5-14)24-29(27,28)18-10-7-16(3)19(13-18)22(26)23-20-11-6-15(2)12-21(20)25/h4-13,24-25H,1-3H3,(H,23,26). The second-order valence-electron chi connectivity index (χ2n) is 6.92. The van der Waals surface area contributed by atoms with Crippen molar-refractivity contribution in [2.45, 2.75) is 25.7 Å². The molecule has 0 saturated heterocycles. The van der Waals surface area contributed by atoms with Crippen molar-refractivity contribution in [1.82, 2.24) is 0 Å². The average molecular weight is 410 g/mol. The summed E-state index contributed by atoms with van der Waals surface area (Å²) in [6.45, 7) is 5.45. The average Bonchev–Trinajstić information content (AvgIpc) is 2.66. The smallest absolute Gasteiger partial charge is 0.261 e. The molecule has 3 aromatic carbocycles. The predicted molar refractivity (Wildman–Crippen MR) is 114 cm³/mol. The second-order valence-corrected chi connectivity index (χ2v) is 8.61. The van der Waals surface area contributed by atoms with E-state index in [1.165, 1.54) is 18.2 Å². The number of sulfonamides is 1. The van der Waals surface area contributed by atoms with Crippen molar-refractivity contribution < 1.29 is 18.3 Å². The Morgan fingerprint density at radius 2 is 1.52 bits per heavy atom. The van der Waals surface area contributed by atoms with Crippen LogP contribution in [0.3, 0.4) is 0 Å². The Kier molecular flexibility index (Phi) is 5.61. The second kappa shape index (κ2) is 7.97. The highest BCUT2D eigenvalue weighted by atomic mass is 32.2. The summed E-state index contributed by atoms with van der Waals surface area (Å²) in [5, 5.41) is 12.6. The number of hydrogen-bond donors (Lipinski definition) is 3. The highest BCUT2D eigenvalue weighted by Crippen LogP contribution is 2.26. The Morgan fingerprint density at radius 3 is 2.17 bits per heavy atom. The Hall–Kier alpha value is -3.32. The van der Waals surface area contributed by atoms with Crippen molar-refractivity contribution in [2.24, 2.45) is 0 Å². The molecule has 0 saturated carbocycles. The molecule has 0 aromatic heterocycles. The fraction of sp³-hybridized carbons (Fsp3) is 0.136. The molecule has 0 bridgehead atoms. The number of hydrogen-bond acceptors (Lipinski definition) is 4. The van der Waals surface area contributed by atoms with Crippen molar-refractivity contribution in [3.63, 3.8) is 0 Å². The summed E-state index contributed by atoms with van der Waals surface area (Å²) in [4.78, 5) is 12.7. The Morgan fingerprint density at radius 1 is 0.862 bits per heavy atom. The van der Waals surface area contributed by atoms with E-state index in [0.29, 0.717) is 11.3 Å². The van der Waals surface area contributed by atoms with E-state index in [1.54, 1.807) is 49.4 Å². The van der Waals surface area contributed by atoms with Crippen LogP contribution in [0.5, 0.6) is 5.75 Å². The van der Waals surface area contributed by atoms with Crippen LogP contribution in [0.4, 0.5) is 11.4 Å². The molecule has 0 heterocycles. The molecule has 0 atom stereocenters. The van der Waals surface area contributed by atoms with Crippen LogP contribution < -0.4 is 10.0 Å². The summed E-state index contributed by atoms with van der Waals surface area (Å²) in [6.07, 6.45) is 0. The highest BCUT2D eigenvalue weighted by Gasteiger charge is 2.19. The zero-order valence-electron chi connectivity index (χ0n) is 16.4. The van der Waals surface area contributed by atoms with Crippen molar-refractivity contribution in [1.29, 1.82) is 0 Å². The number of carbonyl (C=O) groups is 1. The quantitative estimate of drug-likeness (QED) is 0.544. The highest BCUT2D eigenvalue weighted by molar-refractivity contribution is 7.92. The number of benzene rings is 3. The van der Waals surface area contributed by atoms with Gasteiger partial charge in [0.05, 0.1) is 10.6 Å². The van der Waals surface area contributed by atoms with Crippen LogP contribution in [0, 0.1) is 20.8 Å². The number of aromatic hydroxyl groups is 1. The lowest BCUT2D eigenvalue weighted by Gasteiger charge is -2.13. The topological polar surface area (TPSA) is 95.5 Å². The molecular weight excluding hydrogens is 388 g/mol. The number of nitrogens with one attached hydrogen (secondary N) is 2. The minimum atomic E-state index is -3.86. The zero-order chi connectivity index (χ0) is 21.2. The van der Waals surface area contributed by atoms with Gasteiger partial charge in [0.1, 0.15) is 5.75 Å². The Labute approximate surface area is 170 Å². The van der Waals surface area contributed by atoms with E-state index < -0.39 is 15.9 Å². The van der Waals surface area contributed by atoms with Crippen LogP contribution in [0.25, 0.3) is 0 Å². The van der Waals surface area contributed by atoms with E-state index in [4.69, 9.17) is 0 Å². The maximum Gasteiger partial charge on any atom is 0.261 e. The number of amides is 1. The van der Waals surface area contributed by atoms with Gasteiger partial charge in [-0.25, -0.2) is 8.42 Å². The van der Waals surface area contributed by atoms with Crippen molar-refractivity contribution in [3.05, 3.63) is 82.9 Å². The summed E-state index contributed by atoms with van der Waals surface area (Å²) in [7, 11) is -3.86. The van der Waals surface area contributed by atoms with Gasteiger partial charge in [0.15, 0.2) is 0 Å². The lowest BCUT2D eigenvalue weighted by molar-refractivity contribution is 0.102. The third kappa shape index (κ3) is 4.75. The fourth-order valence-electron chi connectivity index (χ4n) is 2.79. The van der Waals surface area contributed by atoms with Gasteiger partial charge >= 0.3 is 0 Å². The molecule has 1 amide bonds. The van der Waals surface area contributed by atoms with Gasteiger partial charge < -0.3 is 10.4 Å². The molecule has 0 spiro atoms. The van der Waals surface area contributed by atoms with Crippen LogP contribution in [0.2, 0.25) is 0 Å². The largest absolute Gasteiger partial charge is 0.506 e.